The molecule has 0 aromatic heterocycles. The molecule has 1 atom stereocenters. The topological polar surface area (TPSA) is 61.8 Å². The molecule has 1 unspecified atom stereocenters. The van der Waals surface area contributed by atoms with Crippen molar-refractivity contribution in [1.82, 2.24) is 10.4 Å². The number of halogens is 4. The molecule has 1 aliphatic heterocycles. The number of nitrogens with zero attached hydrogens (tertiary/aromatic N) is 1. The number of benzene rings is 3. The number of carbonyl (C=O) groups is 1. The highest BCUT2D eigenvalue weighted by Gasteiger charge is 2.51. The first-order valence-corrected chi connectivity index (χ1v) is 9.62. The molecule has 0 fully saturated rings. The van der Waals surface area contributed by atoms with Crippen LogP contribution in [0, 0.1) is 0 Å². The number of aliphatic hydroxyl groups is 1. The number of amides is 1. The van der Waals surface area contributed by atoms with E-state index in [1.54, 1.807) is 12.1 Å². The molecule has 0 bridgehead atoms. The van der Waals surface area contributed by atoms with Crippen LogP contribution in [-0.2, 0) is 6.61 Å². The van der Waals surface area contributed by atoms with Crippen LogP contribution in [0.25, 0.3) is 10.8 Å². The maximum atomic E-state index is 13.4. The van der Waals surface area contributed by atoms with Gasteiger partial charge in [0.1, 0.15) is 12.4 Å². The van der Waals surface area contributed by atoms with Gasteiger partial charge in [0.05, 0.1) is 5.70 Å². The first-order valence-electron chi connectivity index (χ1n) is 9.62. The van der Waals surface area contributed by atoms with Gasteiger partial charge >= 0.3 is 0 Å². The Balaban J connectivity index is 1.54. The molecule has 2 N–H and O–H groups in total. The molecule has 5 nitrogen and oxygen atoms in total. The summed E-state index contributed by atoms with van der Waals surface area (Å²) in [7, 11) is 0. The summed E-state index contributed by atoms with van der Waals surface area (Å²) >= 11 is 0. The van der Waals surface area contributed by atoms with Crippen LogP contribution in [0.1, 0.15) is 15.9 Å². The summed E-state index contributed by atoms with van der Waals surface area (Å²) in [5.74, 6) is -0.467. The van der Waals surface area contributed by atoms with Crippen LogP contribution < -0.4 is 10.2 Å². The van der Waals surface area contributed by atoms with E-state index in [1.165, 1.54) is 18.2 Å². The number of allylic oxidation sites excluding steroid dienone is 1. The minimum absolute atomic E-state index is 0.0716. The molecular weight excluding hydrogens is 428 g/mol. The Kier molecular flexibility index (Phi) is 5.75. The SMILES string of the molecule is O=C(c1cccc(COc2cccc3ccccc23)c1)N1NC(C(F)F)=CC1(O)C(F)F. The maximum absolute atomic E-state index is 13.4. The predicted octanol–water partition coefficient (Wildman–Crippen LogP) is 4.48. The number of hydrogen-bond acceptors (Lipinski definition) is 4. The fourth-order valence-electron chi connectivity index (χ4n) is 3.44. The number of hydrazine groups is 1. The molecule has 0 radical (unpaired) electrons. The van der Waals surface area contributed by atoms with E-state index in [-0.39, 0.29) is 23.3 Å². The molecule has 0 saturated heterocycles. The van der Waals surface area contributed by atoms with Gasteiger partial charge in [-0.1, -0.05) is 48.5 Å². The van der Waals surface area contributed by atoms with Gasteiger partial charge in [-0.2, -0.15) is 0 Å². The molecule has 0 spiro atoms. The van der Waals surface area contributed by atoms with Crippen LogP contribution in [0.15, 0.2) is 78.5 Å². The van der Waals surface area contributed by atoms with Crippen molar-refractivity contribution in [2.24, 2.45) is 0 Å². The molecule has 32 heavy (non-hydrogen) atoms. The fourth-order valence-corrected chi connectivity index (χ4v) is 3.44. The predicted molar refractivity (Wildman–Crippen MR) is 109 cm³/mol. The highest BCUT2D eigenvalue weighted by atomic mass is 19.3. The van der Waals surface area contributed by atoms with Crippen molar-refractivity contribution in [2.75, 3.05) is 0 Å². The van der Waals surface area contributed by atoms with E-state index >= 15 is 0 Å². The van der Waals surface area contributed by atoms with Gasteiger partial charge < -0.3 is 9.84 Å². The van der Waals surface area contributed by atoms with Crippen molar-refractivity contribution < 1.29 is 32.2 Å². The van der Waals surface area contributed by atoms with E-state index in [4.69, 9.17) is 4.74 Å². The van der Waals surface area contributed by atoms with E-state index in [0.29, 0.717) is 11.3 Å². The largest absolute Gasteiger partial charge is 0.488 e. The maximum Gasteiger partial charge on any atom is 0.291 e. The second kappa shape index (κ2) is 8.51. The van der Waals surface area contributed by atoms with Gasteiger partial charge in [0.25, 0.3) is 18.8 Å². The summed E-state index contributed by atoms with van der Waals surface area (Å²) in [4.78, 5) is 12.8. The minimum Gasteiger partial charge on any atom is -0.488 e. The van der Waals surface area contributed by atoms with Crippen LogP contribution in [0.3, 0.4) is 0 Å². The number of carbonyl (C=O) groups excluding carboxylic acids is 1. The highest BCUT2D eigenvalue weighted by molar-refractivity contribution is 5.95. The van der Waals surface area contributed by atoms with Crippen molar-refractivity contribution in [3.8, 4) is 5.75 Å². The summed E-state index contributed by atoms with van der Waals surface area (Å²) in [6.45, 7) is 0.0716. The molecule has 3 aromatic rings. The second-order valence-electron chi connectivity index (χ2n) is 7.20. The smallest absolute Gasteiger partial charge is 0.291 e. The second-order valence-corrected chi connectivity index (χ2v) is 7.20. The summed E-state index contributed by atoms with van der Waals surface area (Å²) in [6.07, 6.45) is -6.42. The molecule has 3 aromatic carbocycles. The van der Waals surface area contributed by atoms with Crippen molar-refractivity contribution >= 4 is 16.7 Å². The number of ether oxygens (including phenoxy) is 1. The monoisotopic (exact) mass is 446 g/mol. The average Bonchev–Trinajstić information content (AvgIpc) is 3.16. The van der Waals surface area contributed by atoms with Crippen molar-refractivity contribution in [3.05, 3.63) is 89.6 Å². The normalized spacial score (nSPS) is 18.2. The van der Waals surface area contributed by atoms with Gasteiger partial charge in [0.2, 0.25) is 5.72 Å². The lowest BCUT2D eigenvalue weighted by molar-refractivity contribution is -0.146. The molecule has 9 heteroatoms. The van der Waals surface area contributed by atoms with E-state index < -0.39 is 30.2 Å². The number of nitrogens with one attached hydrogen (secondary N) is 1. The van der Waals surface area contributed by atoms with E-state index in [2.05, 4.69) is 0 Å². The lowest BCUT2D eigenvalue weighted by atomic mass is 10.1. The van der Waals surface area contributed by atoms with Gasteiger partial charge in [-0.15, -0.1) is 0 Å². The van der Waals surface area contributed by atoms with E-state index in [9.17, 15) is 27.5 Å². The third-order valence-electron chi connectivity index (χ3n) is 5.04. The van der Waals surface area contributed by atoms with Crippen molar-refractivity contribution in [3.63, 3.8) is 0 Å². The quantitative estimate of drug-likeness (QED) is 0.548. The van der Waals surface area contributed by atoms with Crippen LogP contribution in [-0.4, -0.2) is 34.6 Å². The lowest BCUT2D eigenvalue weighted by Gasteiger charge is -2.31. The van der Waals surface area contributed by atoms with Crippen molar-refractivity contribution in [2.45, 2.75) is 25.2 Å². The third-order valence-corrected chi connectivity index (χ3v) is 5.04. The average molecular weight is 446 g/mol. The van der Waals surface area contributed by atoms with E-state index in [0.717, 1.165) is 10.8 Å². The molecule has 0 saturated carbocycles. The summed E-state index contributed by atoms with van der Waals surface area (Å²) in [5.41, 5.74) is -1.82. The number of rotatable bonds is 6. The molecule has 166 valence electrons. The standard InChI is InChI=1S/C23H18F4N2O3/c24-20(25)18-12-23(31,22(26)27)29(28-18)21(30)16-8-3-5-14(11-16)13-32-19-10-4-7-15-6-1-2-9-17(15)19/h1-12,20,22,28,31H,13H2. The highest BCUT2D eigenvalue weighted by Crippen LogP contribution is 2.31. The molecule has 0 aliphatic carbocycles. The molecule has 1 aliphatic rings. The zero-order valence-electron chi connectivity index (χ0n) is 16.5. The summed E-state index contributed by atoms with van der Waals surface area (Å²) in [5, 5.41) is 12.2. The molecular formula is C23H18F4N2O3. The Bertz CT molecular complexity index is 1180. The first-order chi connectivity index (χ1) is 15.3. The minimum atomic E-state index is -3.51. The van der Waals surface area contributed by atoms with Crippen molar-refractivity contribution in [1.29, 1.82) is 0 Å². The van der Waals surface area contributed by atoms with Gasteiger partial charge in [-0.05, 0) is 29.1 Å². The Morgan fingerprint density at radius 3 is 2.50 bits per heavy atom. The summed E-state index contributed by atoms with van der Waals surface area (Å²) < 4.78 is 58.7. The van der Waals surface area contributed by atoms with Gasteiger partial charge in [-0.25, -0.2) is 22.6 Å². The molecule has 1 amide bonds. The lowest BCUT2D eigenvalue weighted by Crippen LogP contribution is -2.56. The van der Waals surface area contributed by atoms with Crippen LogP contribution in [0.5, 0.6) is 5.75 Å². The number of hydrogen-bond donors (Lipinski definition) is 2. The number of fused-ring (bicyclic) bond motifs is 1. The van der Waals surface area contributed by atoms with Crippen LogP contribution >= 0.6 is 0 Å². The number of alkyl halides is 4. The zero-order valence-corrected chi connectivity index (χ0v) is 16.5. The Hall–Kier alpha value is -3.59. The Morgan fingerprint density at radius 2 is 1.75 bits per heavy atom. The van der Waals surface area contributed by atoms with Crippen LogP contribution in [0.4, 0.5) is 17.6 Å². The third kappa shape index (κ3) is 3.99. The fraction of sp³-hybridized carbons (Fsp3) is 0.174. The first kappa shape index (κ1) is 21.6. The van der Waals surface area contributed by atoms with Crippen LogP contribution in [0.2, 0.25) is 0 Å². The van der Waals surface area contributed by atoms with Gasteiger partial charge in [0, 0.05) is 17.0 Å². The zero-order chi connectivity index (χ0) is 22.9. The Labute approximate surface area is 180 Å². The van der Waals surface area contributed by atoms with Gasteiger partial charge in [0.15, 0.2) is 0 Å². The summed E-state index contributed by atoms with van der Waals surface area (Å²) in [6, 6.07) is 19.1. The van der Waals surface area contributed by atoms with E-state index in [1.807, 2.05) is 41.8 Å². The molecule has 4 rings (SSSR count). The molecule has 1 heterocycles. The van der Waals surface area contributed by atoms with Gasteiger partial charge in [-0.3, -0.25) is 10.2 Å². The Morgan fingerprint density at radius 1 is 1.03 bits per heavy atom.